The predicted molar refractivity (Wildman–Crippen MR) is 83.5 cm³/mol. The van der Waals surface area contributed by atoms with E-state index in [1.54, 1.807) is 0 Å². The molecule has 0 radical (unpaired) electrons. The summed E-state index contributed by atoms with van der Waals surface area (Å²) in [6.07, 6.45) is 7.97. The van der Waals surface area contributed by atoms with Gasteiger partial charge in [0, 0.05) is 19.5 Å². The van der Waals surface area contributed by atoms with E-state index in [1.165, 1.54) is 18.4 Å². The fourth-order valence-electron chi connectivity index (χ4n) is 2.93. The Labute approximate surface area is 122 Å². The average Bonchev–Trinajstić information content (AvgIpc) is 2.52. The van der Waals surface area contributed by atoms with Gasteiger partial charge in [-0.05, 0) is 43.6 Å². The highest BCUT2D eigenvalue weighted by atomic mass is 16.2. The molecule has 0 spiro atoms. The van der Waals surface area contributed by atoms with E-state index in [4.69, 9.17) is 0 Å². The topological polar surface area (TPSA) is 20.3 Å². The summed E-state index contributed by atoms with van der Waals surface area (Å²) in [5.41, 5.74) is 1.41. The SMILES string of the molecule is C=CCCC(=O)N1CCC[C@@H](CCc2ccccc2)C1. The number of hydrogen-bond acceptors (Lipinski definition) is 1. The van der Waals surface area contributed by atoms with Crippen LogP contribution in [0.4, 0.5) is 0 Å². The minimum atomic E-state index is 0.300. The highest BCUT2D eigenvalue weighted by Crippen LogP contribution is 2.22. The highest BCUT2D eigenvalue weighted by molar-refractivity contribution is 5.76. The van der Waals surface area contributed by atoms with E-state index in [0.717, 1.165) is 32.4 Å². The van der Waals surface area contributed by atoms with Crippen LogP contribution in [0.3, 0.4) is 0 Å². The number of rotatable bonds is 6. The summed E-state index contributed by atoms with van der Waals surface area (Å²) >= 11 is 0. The lowest BCUT2D eigenvalue weighted by molar-refractivity contribution is -0.132. The molecular formula is C18H25NO. The molecule has 0 bridgehead atoms. The van der Waals surface area contributed by atoms with Crippen LogP contribution in [0.15, 0.2) is 43.0 Å². The van der Waals surface area contributed by atoms with E-state index in [0.29, 0.717) is 18.2 Å². The fourth-order valence-corrected chi connectivity index (χ4v) is 2.93. The number of benzene rings is 1. The number of piperidine rings is 1. The van der Waals surface area contributed by atoms with Gasteiger partial charge in [0.05, 0.1) is 0 Å². The summed E-state index contributed by atoms with van der Waals surface area (Å²) in [7, 11) is 0. The number of hydrogen-bond donors (Lipinski definition) is 0. The fraction of sp³-hybridized carbons (Fsp3) is 0.500. The molecule has 1 aromatic rings. The number of nitrogens with zero attached hydrogens (tertiary/aromatic N) is 1. The van der Waals surface area contributed by atoms with Crippen LogP contribution < -0.4 is 0 Å². The third-order valence-electron chi connectivity index (χ3n) is 4.12. The van der Waals surface area contributed by atoms with E-state index in [-0.39, 0.29) is 0 Å². The lowest BCUT2D eigenvalue weighted by Gasteiger charge is -2.33. The van der Waals surface area contributed by atoms with E-state index in [2.05, 4.69) is 41.8 Å². The van der Waals surface area contributed by atoms with Gasteiger partial charge in [-0.2, -0.15) is 0 Å². The molecule has 2 nitrogen and oxygen atoms in total. The van der Waals surface area contributed by atoms with Crippen molar-refractivity contribution in [1.29, 1.82) is 0 Å². The molecular weight excluding hydrogens is 246 g/mol. The molecule has 108 valence electrons. The molecule has 1 amide bonds. The minimum absolute atomic E-state index is 0.300. The number of amides is 1. The summed E-state index contributed by atoms with van der Waals surface area (Å²) < 4.78 is 0. The molecule has 1 aromatic carbocycles. The Morgan fingerprint density at radius 2 is 2.15 bits per heavy atom. The van der Waals surface area contributed by atoms with Gasteiger partial charge in [0.2, 0.25) is 5.91 Å². The molecule has 0 N–H and O–H groups in total. The quantitative estimate of drug-likeness (QED) is 0.720. The third-order valence-corrected chi connectivity index (χ3v) is 4.12. The Hall–Kier alpha value is -1.57. The molecule has 2 rings (SSSR count). The standard InChI is InChI=1S/C18H25NO/c1-2-3-11-18(20)19-14-7-10-17(15-19)13-12-16-8-5-4-6-9-16/h2,4-6,8-9,17H,1,3,7,10-15H2/t17-/m0/s1. The maximum Gasteiger partial charge on any atom is 0.222 e. The molecule has 1 heterocycles. The predicted octanol–water partition coefficient (Wildman–Crippen LogP) is 3.82. The third kappa shape index (κ3) is 4.52. The van der Waals surface area contributed by atoms with Crippen LogP contribution in [0.5, 0.6) is 0 Å². The molecule has 0 aromatic heterocycles. The molecule has 1 saturated heterocycles. The Kier molecular flexibility index (Phi) is 5.85. The Bertz CT molecular complexity index is 426. The zero-order valence-corrected chi connectivity index (χ0v) is 12.3. The molecule has 1 atom stereocenters. The second-order valence-electron chi connectivity index (χ2n) is 5.70. The van der Waals surface area contributed by atoms with Gasteiger partial charge in [0.25, 0.3) is 0 Å². The first-order valence-electron chi connectivity index (χ1n) is 7.72. The van der Waals surface area contributed by atoms with Gasteiger partial charge in [-0.25, -0.2) is 0 Å². The van der Waals surface area contributed by atoms with Crippen molar-refractivity contribution >= 4 is 5.91 Å². The van der Waals surface area contributed by atoms with Crippen LogP contribution in [0.1, 0.15) is 37.7 Å². The smallest absolute Gasteiger partial charge is 0.222 e. The molecule has 2 heteroatoms. The average molecular weight is 271 g/mol. The van der Waals surface area contributed by atoms with Gasteiger partial charge in [0.1, 0.15) is 0 Å². The first kappa shape index (κ1) is 14.8. The van der Waals surface area contributed by atoms with Crippen LogP contribution in [0.2, 0.25) is 0 Å². The molecule has 0 aliphatic carbocycles. The van der Waals surface area contributed by atoms with Crippen LogP contribution in [-0.4, -0.2) is 23.9 Å². The van der Waals surface area contributed by atoms with Gasteiger partial charge in [0.15, 0.2) is 0 Å². The summed E-state index contributed by atoms with van der Waals surface area (Å²) in [5, 5.41) is 0. The Morgan fingerprint density at radius 3 is 2.90 bits per heavy atom. The highest BCUT2D eigenvalue weighted by Gasteiger charge is 2.22. The van der Waals surface area contributed by atoms with Gasteiger partial charge in [-0.3, -0.25) is 4.79 Å². The normalized spacial score (nSPS) is 18.8. The summed E-state index contributed by atoms with van der Waals surface area (Å²) in [5.74, 6) is 0.964. The summed E-state index contributed by atoms with van der Waals surface area (Å²) in [6, 6.07) is 10.6. The maximum atomic E-state index is 12.1. The first-order chi connectivity index (χ1) is 9.79. The van der Waals surface area contributed by atoms with Crippen LogP contribution >= 0.6 is 0 Å². The number of likely N-dealkylation sites (tertiary alicyclic amines) is 1. The van der Waals surface area contributed by atoms with Crippen molar-refractivity contribution in [1.82, 2.24) is 4.90 Å². The van der Waals surface area contributed by atoms with E-state index in [9.17, 15) is 4.79 Å². The maximum absolute atomic E-state index is 12.1. The van der Waals surface area contributed by atoms with Crippen LogP contribution in [0, 0.1) is 5.92 Å². The van der Waals surface area contributed by atoms with Crippen molar-refractivity contribution < 1.29 is 4.79 Å². The van der Waals surface area contributed by atoms with Crippen molar-refractivity contribution in [2.45, 2.75) is 38.5 Å². The van der Waals surface area contributed by atoms with Crippen LogP contribution in [0.25, 0.3) is 0 Å². The summed E-state index contributed by atoms with van der Waals surface area (Å²) in [4.78, 5) is 14.1. The zero-order valence-electron chi connectivity index (χ0n) is 12.3. The van der Waals surface area contributed by atoms with Crippen molar-refractivity contribution in [3.8, 4) is 0 Å². The molecule has 0 saturated carbocycles. The first-order valence-corrected chi connectivity index (χ1v) is 7.72. The second kappa shape index (κ2) is 7.88. The van der Waals surface area contributed by atoms with Crippen molar-refractivity contribution in [3.63, 3.8) is 0 Å². The van der Waals surface area contributed by atoms with Crippen LogP contribution in [-0.2, 0) is 11.2 Å². The molecule has 1 fully saturated rings. The summed E-state index contributed by atoms with van der Waals surface area (Å²) in [6.45, 7) is 5.57. The Morgan fingerprint density at radius 1 is 1.35 bits per heavy atom. The molecule has 1 aliphatic rings. The van der Waals surface area contributed by atoms with E-state index >= 15 is 0 Å². The lowest BCUT2D eigenvalue weighted by atomic mass is 9.91. The number of allylic oxidation sites excluding steroid dienone is 1. The van der Waals surface area contributed by atoms with Gasteiger partial charge in [-0.15, -0.1) is 6.58 Å². The number of carbonyl (C=O) groups excluding carboxylic acids is 1. The molecule has 20 heavy (non-hydrogen) atoms. The minimum Gasteiger partial charge on any atom is -0.342 e. The van der Waals surface area contributed by atoms with Crippen molar-refractivity contribution in [2.75, 3.05) is 13.1 Å². The number of carbonyl (C=O) groups is 1. The lowest BCUT2D eigenvalue weighted by Crippen LogP contribution is -2.39. The van der Waals surface area contributed by atoms with Crippen molar-refractivity contribution in [2.24, 2.45) is 5.92 Å². The van der Waals surface area contributed by atoms with Gasteiger partial charge >= 0.3 is 0 Å². The van der Waals surface area contributed by atoms with Crippen molar-refractivity contribution in [3.05, 3.63) is 48.6 Å². The number of aryl methyl sites for hydroxylation is 1. The monoisotopic (exact) mass is 271 g/mol. The Balaban J connectivity index is 1.78. The van der Waals surface area contributed by atoms with Gasteiger partial charge < -0.3 is 4.90 Å². The van der Waals surface area contributed by atoms with Gasteiger partial charge in [-0.1, -0.05) is 36.4 Å². The van der Waals surface area contributed by atoms with E-state index in [1.807, 2.05) is 6.08 Å². The zero-order chi connectivity index (χ0) is 14.2. The molecule has 0 unspecified atom stereocenters. The van der Waals surface area contributed by atoms with E-state index < -0.39 is 0 Å². The molecule has 1 aliphatic heterocycles. The second-order valence-corrected chi connectivity index (χ2v) is 5.70. The largest absolute Gasteiger partial charge is 0.342 e.